The van der Waals surface area contributed by atoms with E-state index in [9.17, 15) is 0 Å². The van der Waals surface area contributed by atoms with Gasteiger partial charge in [-0.3, -0.25) is 4.98 Å². The van der Waals surface area contributed by atoms with E-state index in [2.05, 4.69) is 17.2 Å². The maximum atomic E-state index is 5.81. The Balaban J connectivity index is 2.22. The minimum atomic E-state index is 0.803. The molecule has 0 bridgehead atoms. The van der Waals surface area contributed by atoms with E-state index >= 15 is 0 Å². The molecule has 0 saturated heterocycles. The predicted molar refractivity (Wildman–Crippen MR) is 76.2 cm³/mol. The molecular formula is C15H26N2O. The first-order valence-corrected chi connectivity index (χ1v) is 7.01. The van der Waals surface area contributed by atoms with Gasteiger partial charge in [-0.15, -0.1) is 0 Å². The lowest BCUT2D eigenvalue weighted by atomic mass is 10.2. The number of nitrogens with one attached hydrogen (secondary N) is 1. The average Bonchev–Trinajstić information content (AvgIpc) is 2.39. The quantitative estimate of drug-likeness (QED) is 0.684. The van der Waals surface area contributed by atoms with Gasteiger partial charge < -0.3 is 10.1 Å². The molecule has 0 amide bonds. The fourth-order valence-corrected chi connectivity index (χ4v) is 1.92. The Morgan fingerprint density at radius 1 is 1.17 bits per heavy atom. The van der Waals surface area contributed by atoms with Gasteiger partial charge in [-0.05, 0) is 51.9 Å². The number of rotatable bonds is 9. The minimum Gasteiger partial charge on any atom is -0.492 e. The molecule has 1 heterocycles. The number of unbranched alkanes of at least 4 members (excludes halogenated alkanes) is 3. The van der Waals surface area contributed by atoms with Crippen LogP contribution in [-0.4, -0.2) is 25.2 Å². The third-order valence-corrected chi connectivity index (χ3v) is 2.99. The fourth-order valence-electron chi connectivity index (χ4n) is 1.92. The van der Waals surface area contributed by atoms with Gasteiger partial charge in [-0.2, -0.15) is 0 Å². The largest absolute Gasteiger partial charge is 0.492 e. The molecule has 0 aliphatic heterocycles. The van der Waals surface area contributed by atoms with Crippen LogP contribution in [0.1, 0.15) is 44.0 Å². The molecule has 0 aliphatic carbocycles. The first-order valence-electron chi connectivity index (χ1n) is 7.01. The lowest BCUT2D eigenvalue weighted by Crippen LogP contribution is -2.07. The van der Waals surface area contributed by atoms with Gasteiger partial charge in [0.2, 0.25) is 0 Å². The number of nitrogens with zero attached hydrogens (tertiary/aromatic N) is 1. The Bertz CT molecular complexity index is 339. The Kier molecular flexibility index (Phi) is 7.42. The summed E-state index contributed by atoms with van der Waals surface area (Å²) in [6.07, 6.45) is 5.82. The molecule has 1 rings (SSSR count). The summed E-state index contributed by atoms with van der Waals surface area (Å²) >= 11 is 0. The van der Waals surface area contributed by atoms with Crippen molar-refractivity contribution in [1.29, 1.82) is 0 Å². The van der Waals surface area contributed by atoms with Gasteiger partial charge >= 0.3 is 0 Å². The Morgan fingerprint density at radius 2 is 1.94 bits per heavy atom. The van der Waals surface area contributed by atoms with Gasteiger partial charge in [0.05, 0.1) is 12.3 Å². The molecule has 3 heteroatoms. The van der Waals surface area contributed by atoms with Crippen LogP contribution >= 0.6 is 0 Å². The number of hydrogen-bond acceptors (Lipinski definition) is 3. The zero-order valence-electron chi connectivity index (χ0n) is 12.0. The van der Waals surface area contributed by atoms with E-state index in [4.69, 9.17) is 4.74 Å². The number of ether oxygens (including phenoxy) is 1. The van der Waals surface area contributed by atoms with Crippen molar-refractivity contribution in [1.82, 2.24) is 10.3 Å². The van der Waals surface area contributed by atoms with Gasteiger partial charge in [0.25, 0.3) is 0 Å². The van der Waals surface area contributed by atoms with Crippen LogP contribution in [0.15, 0.2) is 12.1 Å². The Labute approximate surface area is 111 Å². The monoisotopic (exact) mass is 250 g/mol. The molecule has 0 aliphatic rings. The molecule has 18 heavy (non-hydrogen) atoms. The summed E-state index contributed by atoms with van der Waals surface area (Å²) < 4.78 is 5.81. The summed E-state index contributed by atoms with van der Waals surface area (Å²) in [6, 6.07) is 4.06. The van der Waals surface area contributed by atoms with Gasteiger partial charge in [-0.25, -0.2) is 0 Å². The van der Waals surface area contributed by atoms with Crippen molar-refractivity contribution in [3.8, 4) is 5.75 Å². The van der Waals surface area contributed by atoms with E-state index in [0.717, 1.165) is 43.1 Å². The van der Waals surface area contributed by atoms with Crippen LogP contribution in [0.5, 0.6) is 5.75 Å². The van der Waals surface area contributed by atoms with Crippen LogP contribution in [0, 0.1) is 6.92 Å². The second-order valence-corrected chi connectivity index (χ2v) is 4.62. The lowest BCUT2D eigenvalue weighted by Gasteiger charge is -2.10. The second kappa shape index (κ2) is 8.92. The third kappa shape index (κ3) is 5.50. The predicted octanol–water partition coefficient (Wildman–Crippen LogP) is 3.11. The fraction of sp³-hybridized carbons (Fsp3) is 0.667. The molecule has 102 valence electrons. The van der Waals surface area contributed by atoms with Crippen molar-refractivity contribution < 1.29 is 4.74 Å². The number of pyridine rings is 1. The zero-order chi connectivity index (χ0) is 13.2. The van der Waals surface area contributed by atoms with Crippen molar-refractivity contribution in [2.75, 3.05) is 20.2 Å². The molecule has 3 nitrogen and oxygen atoms in total. The van der Waals surface area contributed by atoms with E-state index in [0.29, 0.717) is 0 Å². The maximum Gasteiger partial charge on any atom is 0.140 e. The average molecular weight is 250 g/mol. The molecule has 0 unspecified atom stereocenters. The van der Waals surface area contributed by atoms with Crippen molar-refractivity contribution in [2.45, 2.75) is 46.0 Å². The van der Waals surface area contributed by atoms with Crippen molar-refractivity contribution in [2.24, 2.45) is 0 Å². The zero-order valence-corrected chi connectivity index (χ0v) is 12.0. The molecule has 0 aromatic carbocycles. The molecule has 1 N–H and O–H groups in total. The van der Waals surface area contributed by atoms with Gasteiger partial charge in [0, 0.05) is 5.69 Å². The number of hydrogen-bond donors (Lipinski definition) is 1. The molecule has 1 aromatic heterocycles. The molecule has 0 spiro atoms. The van der Waals surface area contributed by atoms with Crippen molar-refractivity contribution in [3.05, 3.63) is 23.5 Å². The summed E-state index contributed by atoms with van der Waals surface area (Å²) in [5, 5.41) is 3.17. The Hall–Kier alpha value is -1.09. The topological polar surface area (TPSA) is 34.1 Å². The van der Waals surface area contributed by atoms with Crippen LogP contribution < -0.4 is 10.1 Å². The summed E-state index contributed by atoms with van der Waals surface area (Å²) in [5.41, 5.74) is 2.14. The van der Waals surface area contributed by atoms with Crippen LogP contribution in [0.25, 0.3) is 0 Å². The minimum absolute atomic E-state index is 0.803. The van der Waals surface area contributed by atoms with Crippen molar-refractivity contribution in [3.63, 3.8) is 0 Å². The van der Waals surface area contributed by atoms with Crippen LogP contribution in [0.4, 0.5) is 0 Å². The highest BCUT2D eigenvalue weighted by Crippen LogP contribution is 2.17. The molecular weight excluding hydrogens is 224 g/mol. The smallest absolute Gasteiger partial charge is 0.140 e. The van der Waals surface area contributed by atoms with E-state index in [1.165, 1.54) is 19.3 Å². The summed E-state index contributed by atoms with van der Waals surface area (Å²) in [4.78, 5) is 4.50. The SMILES string of the molecule is CCc1nc(C)ccc1OCCCCCCNC. The van der Waals surface area contributed by atoms with Gasteiger partial charge in [0.15, 0.2) is 0 Å². The summed E-state index contributed by atoms with van der Waals surface area (Å²) in [5.74, 6) is 0.957. The second-order valence-electron chi connectivity index (χ2n) is 4.62. The van der Waals surface area contributed by atoms with Crippen molar-refractivity contribution >= 4 is 0 Å². The molecule has 0 radical (unpaired) electrons. The highest BCUT2D eigenvalue weighted by molar-refractivity contribution is 5.29. The van der Waals surface area contributed by atoms with Gasteiger partial charge in [0.1, 0.15) is 5.75 Å². The standard InChI is InChI=1S/C15H26N2O/c1-4-14-15(10-9-13(2)17-14)18-12-8-6-5-7-11-16-3/h9-10,16H,4-8,11-12H2,1-3H3. The number of aromatic nitrogens is 1. The lowest BCUT2D eigenvalue weighted by molar-refractivity contribution is 0.300. The third-order valence-electron chi connectivity index (χ3n) is 2.99. The first kappa shape index (κ1) is 15.0. The van der Waals surface area contributed by atoms with Crippen LogP contribution in [0.3, 0.4) is 0 Å². The molecule has 0 saturated carbocycles. The summed E-state index contributed by atoms with van der Waals surface area (Å²) in [6.45, 7) is 6.05. The van der Waals surface area contributed by atoms with E-state index < -0.39 is 0 Å². The van der Waals surface area contributed by atoms with E-state index in [1.807, 2.05) is 26.1 Å². The van der Waals surface area contributed by atoms with E-state index in [-0.39, 0.29) is 0 Å². The molecule has 1 aromatic rings. The highest BCUT2D eigenvalue weighted by atomic mass is 16.5. The highest BCUT2D eigenvalue weighted by Gasteiger charge is 2.03. The first-order chi connectivity index (χ1) is 8.77. The summed E-state index contributed by atoms with van der Waals surface area (Å²) in [7, 11) is 2.00. The van der Waals surface area contributed by atoms with Crippen LogP contribution in [-0.2, 0) is 6.42 Å². The molecule has 0 atom stereocenters. The Morgan fingerprint density at radius 3 is 2.67 bits per heavy atom. The van der Waals surface area contributed by atoms with Gasteiger partial charge in [-0.1, -0.05) is 19.8 Å². The maximum absolute atomic E-state index is 5.81. The number of aryl methyl sites for hydroxylation is 2. The normalized spacial score (nSPS) is 10.6. The van der Waals surface area contributed by atoms with Crippen LogP contribution in [0.2, 0.25) is 0 Å². The molecule has 0 fully saturated rings. The van der Waals surface area contributed by atoms with E-state index in [1.54, 1.807) is 0 Å².